The first-order valence-corrected chi connectivity index (χ1v) is 11.5. The first kappa shape index (κ1) is 20.6. The molecule has 1 rings (SSSR count). The Hall–Kier alpha value is 0.580. The van der Waals surface area contributed by atoms with Crippen molar-refractivity contribution in [3.63, 3.8) is 0 Å². The van der Waals surface area contributed by atoms with Gasteiger partial charge in [-0.05, 0) is 27.7 Å². The first-order valence-electron chi connectivity index (χ1n) is 7.41. The Bertz CT molecular complexity index is 395. The predicted molar refractivity (Wildman–Crippen MR) is 86.4 cm³/mol. The largest absolute Gasteiger partial charge is 0.380 e. The van der Waals surface area contributed by atoms with Crippen LogP contribution in [0.2, 0.25) is 0 Å². The normalized spacial score (nSPS) is 19.4. The van der Waals surface area contributed by atoms with Crippen molar-refractivity contribution in [2.75, 3.05) is 32.2 Å². The van der Waals surface area contributed by atoms with E-state index in [1.54, 1.807) is 27.7 Å². The van der Waals surface area contributed by atoms with Crippen molar-refractivity contribution in [2.24, 2.45) is 0 Å². The number of hydrogen-bond donors (Lipinski definition) is 0. The lowest BCUT2D eigenvalue weighted by Gasteiger charge is -2.36. The Labute approximate surface area is 135 Å². The van der Waals surface area contributed by atoms with E-state index in [0.717, 1.165) is 0 Å². The lowest BCUT2D eigenvalue weighted by Crippen LogP contribution is -2.30. The van der Waals surface area contributed by atoms with Gasteiger partial charge >= 0.3 is 20.3 Å². The molecule has 1 aliphatic rings. The second-order valence-electron chi connectivity index (χ2n) is 4.54. The summed E-state index contributed by atoms with van der Waals surface area (Å²) >= 11 is 1.50. The van der Waals surface area contributed by atoms with Gasteiger partial charge in [0, 0.05) is 17.4 Å². The van der Waals surface area contributed by atoms with Crippen LogP contribution in [0.5, 0.6) is 0 Å². The molecule has 0 aliphatic carbocycles. The topological polar surface area (TPSA) is 71.1 Å². The van der Waals surface area contributed by atoms with Crippen molar-refractivity contribution in [3.05, 3.63) is 0 Å². The standard InChI is InChI=1S/C12H25FO6P2S/c1-5-16-20(14,17-6-2)12(13,9-11-10-22-11)21(15,18-7-3)19-8-4/h11H,5-10H2,1-4H3. The van der Waals surface area contributed by atoms with Crippen molar-refractivity contribution in [1.82, 2.24) is 0 Å². The summed E-state index contributed by atoms with van der Waals surface area (Å²) in [5.41, 5.74) is 0. The van der Waals surface area contributed by atoms with Gasteiger partial charge in [-0.15, -0.1) is 0 Å². The van der Waals surface area contributed by atoms with Crippen LogP contribution in [0.25, 0.3) is 0 Å². The van der Waals surface area contributed by atoms with Crippen LogP contribution in [-0.2, 0) is 27.2 Å². The average molecular weight is 378 g/mol. The van der Waals surface area contributed by atoms with Crippen LogP contribution in [0, 0.1) is 0 Å². The van der Waals surface area contributed by atoms with Crippen LogP contribution in [-0.4, -0.2) is 42.6 Å². The molecule has 0 bridgehead atoms. The minimum absolute atomic E-state index is 0.0288. The zero-order valence-electron chi connectivity index (χ0n) is 13.5. The van der Waals surface area contributed by atoms with Gasteiger partial charge < -0.3 is 18.1 Å². The van der Waals surface area contributed by atoms with Crippen molar-refractivity contribution < 1.29 is 31.6 Å². The number of alkyl halides is 1. The van der Waals surface area contributed by atoms with Crippen LogP contribution >= 0.6 is 27.0 Å². The van der Waals surface area contributed by atoms with Gasteiger partial charge in [0.1, 0.15) is 0 Å². The molecule has 10 heteroatoms. The van der Waals surface area contributed by atoms with E-state index < -0.39 is 20.3 Å². The van der Waals surface area contributed by atoms with E-state index in [-0.39, 0.29) is 38.1 Å². The lowest BCUT2D eigenvalue weighted by atomic mass is 10.4. The lowest BCUT2D eigenvalue weighted by molar-refractivity contribution is 0.132. The van der Waals surface area contributed by atoms with Gasteiger partial charge in [0.2, 0.25) is 0 Å². The third-order valence-electron chi connectivity index (χ3n) is 2.93. The number of rotatable bonds is 12. The van der Waals surface area contributed by atoms with Gasteiger partial charge in [0.25, 0.3) is 0 Å². The second kappa shape index (κ2) is 8.61. The molecule has 1 saturated heterocycles. The molecule has 0 amide bonds. The minimum Gasteiger partial charge on any atom is -0.306 e. The second-order valence-corrected chi connectivity index (χ2v) is 10.7. The maximum absolute atomic E-state index is 15.9. The van der Waals surface area contributed by atoms with E-state index in [9.17, 15) is 9.13 Å². The molecule has 0 saturated carbocycles. The number of hydrogen-bond acceptors (Lipinski definition) is 7. The van der Waals surface area contributed by atoms with Crippen molar-refractivity contribution in [1.29, 1.82) is 0 Å². The highest BCUT2D eigenvalue weighted by atomic mass is 32.2. The zero-order valence-corrected chi connectivity index (χ0v) is 16.1. The molecule has 0 N–H and O–H groups in total. The Morgan fingerprint density at radius 3 is 1.50 bits per heavy atom. The predicted octanol–water partition coefficient (Wildman–Crippen LogP) is 4.65. The molecule has 132 valence electrons. The fraction of sp³-hybridized carbons (Fsp3) is 1.00. The fourth-order valence-corrected chi connectivity index (χ4v) is 7.93. The monoisotopic (exact) mass is 378 g/mol. The third kappa shape index (κ3) is 4.35. The van der Waals surface area contributed by atoms with E-state index in [1.807, 2.05) is 0 Å². The number of halogens is 1. The molecule has 1 atom stereocenters. The highest BCUT2D eigenvalue weighted by Crippen LogP contribution is 2.80. The Morgan fingerprint density at radius 2 is 1.27 bits per heavy atom. The van der Waals surface area contributed by atoms with Crippen LogP contribution in [0.1, 0.15) is 34.1 Å². The summed E-state index contributed by atoms with van der Waals surface area (Å²) in [5.74, 6) is 0.710. The minimum atomic E-state index is -4.33. The highest BCUT2D eigenvalue weighted by Gasteiger charge is 2.68. The summed E-state index contributed by atoms with van der Waals surface area (Å²) in [6.45, 7) is 6.18. The molecule has 0 aromatic rings. The molecule has 0 aromatic carbocycles. The van der Waals surface area contributed by atoms with Crippen LogP contribution in [0.4, 0.5) is 4.39 Å². The summed E-state index contributed by atoms with van der Waals surface area (Å²) < 4.78 is 62.4. The Kier molecular flexibility index (Phi) is 8.07. The van der Waals surface area contributed by atoms with Crippen molar-refractivity contribution >= 4 is 27.0 Å². The van der Waals surface area contributed by atoms with Gasteiger partial charge in [0.05, 0.1) is 26.4 Å². The molecule has 22 heavy (non-hydrogen) atoms. The maximum Gasteiger partial charge on any atom is 0.380 e. The highest BCUT2D eigenvalue weighted by molar-refractivity contribution is 8.06. The van der Waals surface area contributed by atoms with Gasteiger partial charge in [-0.2, -0.15) is 11.8 Å². The van der Waals surface area contributed by atoms with E-state index in [2.05, 4.69) is 0 Å². The molecular formula is C12H25FO6P2S. The molecule has 0 spiro atoms. The number of thioether (sulfide) groups is 1. The summed E-state index contributed by atoms with van der Waals surface area (Å²) in [6, 6.07) is 0. The summed E-state index contributed by atoms with van der Waals surface area (Å²) in [4.78, 5) is 0. The van der Waals surface area contributed by atoms with E-state index in [4.69, 9.17) is 18.1 Å². The molecule has 1 unspecified atom stereocenters. The van der Waals surface area contributed by atoms with E-state index in [0.29, 0.717) is 5.75 Å². The maximum atomic E-state index is 15.9. The van der Waals surface area contributed by atoms with Crippen LogP contribution in [0.15, 0.2) is 0 Å². The Balaban J connectivity index is 3.30. The summed E-state index contributed by atoms with van der Waals surface area (Å²) in [7, 11) is -8.66. The summed E-state index contributed by atoms with van der Waals surface area (Å²) in [6.07, 6.45) is -0.244. The zero-order chi connectivity index (χ0) is 16.9. The van der Waals surface area contributed by atoms with E-state index >= 15 is 4.39 Å². The molecule has 0 aromatic heterocycles. The fourth-order valence-electron chi connectivity index (χ4n) is 2.00. The van der Waals surface area contributed by atoms with Crippen LogP contribution in [0.3, 0.4) is 0 Å². The van der Waals surface area contributed by atoms with Gasteiger partial charge in [-0.3, -0.25) is 9.13 Å². The molecular weight excluding hydrogens is 353 g/mol. The smallest absolute Gasteiger partial charge is 0.306 e. The average Bonchev–Trinajstić information content (AvgIpc) is 3.23. The Morgan fingerprint density at radius 1 is 0.955 bits per heavy atom. The van der Waals surface area contributed by atoms with Gasteiger partial charge in [-0.25, -0.2) is 4.39 Å². The van der Waals surface area contributed by atoms with Crippen molar-refractivity contribution in [3.8, 4) is 0 Å². The van der Waals surface area contributed by atoms with E-state index in [1.165, 1.54) is 11.8 Å². The molecule has 1 heterocycles. The summed E-state index contributed by atoms with van der Waals surface area (Å²) in [5, 5.41) is -2.89. The molecule has 1 aliphatic heterocycles. The molecule has 0 radical (unpaired) electrons. The van der Waals surface area contributed by atoms with Gasteiger partial charge in [-0.1, -0.05) is 0 Å². The molecule has 1 fully saturated rings. The first-order chi connectivity index (χ1) is 10.3. The molecule has 6 nitrogen and oxygen atoms in total. The van der Waals surface area contributed by atoms with Gasteiger partial charge in [0.15, 0.2) is 0 Å². The van der Waals surface area contributed by atoms with Crippen LogP contribution < -0.4 is 0 Å². The SMILES string of the molecule is CCOP(=O)(OCC)C(F)(CC1CS1)P(=O)(OCC)OCC. The van der Waals surface area contributed by atoms with Crippen molar-refractivity contribution in [2.45, 2.75) is 44.5 Å². The third-order valence-corrected chi connectivity index (χ3v) is 9.80. The quantitative estimate of drug-likeness (QED) is 0.362.